The summed E-state index contributed by atoms with van der Waals surface area (Å²) in [6, 6.07) is 4.99. The molecule has 2 fully saturated rings. The van der Waals surface area contributed by atoms with Gasteiger partial charge in [0.05, 0.1) is 27.1 Å². The second kappa shape index (κ2) is 11.3. The highest BCUT2D eigenvalue weighted by molar-refractivity contribution is 7.89. The standard InChI is InChI=1S/C29H40ClN3O5S/c1-17-25(39(37,38)32-29(3,4)5)12-11-22(26(17)30)24-15-23(27(34)31-21-13-20(14-21)28(35)36)18(2)33(24)16-19-9-7-6-8-10-19/h11-12,15,19-21,32H,6-10,13-14,16H2,1-5H3,(H,31,34)(H,35,36). The first-order chi connectivity index (χ1) is 18.2. The predicted octanol–water partition coefficient (Wildman–Crippen LogP) is 5.68. The van der Waals surface area contributed by atoms with Crippen LogP contribution in [0.1, 0.15) is 87.3 Å². The number of hydrogen-bond acceptors (Lipinski definition) is 4. The molecule has 0 radical (unpaired) electrons. The van der Waals surface area contributed by atoms with Crippen molar-refractivity contribution in [3.63, 3.8) is 0 Å². The summed E-state index contributed by atoms with van der Waals surface area (Å²) in [5.41, 5.74) is 2.61. The van der Waals surface area contributed by atoms with E-state index in [9.17, 15) is 23.1 Å². The Labute approximate surface area is 236 Å². The van der Waals surface area contributed by atoms with Gasteiger partial charge in [-0.25, -0.2) is 13.1 Å². The van der Waals surface area contributed by atoms with Crippen LogP contribution in [0.2, 0.25) is 5.02 Å². The minimum atomic E-state index is -3.79. The Hall–Kier alpha value is -2.36. The number of benzene rings is 1. The third-order valence-electron chi connectivity index (χ3n) is 7.94. The van der Waals surface area contributed by atoms with Gasteiger partial charge in [0.25, 0.3) is 5.91 Å². The molecule has 0 saturated heterocycles. The van der Waals surface area contributed by atoms with Crippen molar-refractivity contribution < 1.29 is 23.1 Å². The number of nitrogens with zero attached hydrogens (tertiary/aromatic N) is 1. The maximum atomic E-state index is 13.3. The summed E-state index contributed by atoms with van der Waals surface area (Å²) in [4.78, 5) is 24.6. The fraction of sp³-hybridized carbons (Fsp3) is 0.586. The zero-order chi connectivity index (χ0) is 28.7. The molecule has 1 amide bonds. The van der Waals surface area contributed by atoms with Gasteiger partial charge in [-0.3, -0.25) is 9.59 Å². The Bertz CT molecular complexity index is 1360. The number of halogens is 1. The first kappa shape index (κ1) is 29.6. The Kier molecular flexibility index (Phi) is 8.55. The summed E-state index contributed by atoms with van der Waals surface area (Å²) in [7, 11) is -3.79. The van der Waals surface area contributed by atoms with Crippen LogP contribution in [0, 0.1) is 25.7 Å². The van der Waals surface area contributed by atoms with E-state index in [-0.39, 0.29) is 16.8 Å². The molecule has 2 aliphatic carbocycles. The van der Waals surface area contributed by atoms with Crippen molar-refractivity contribution in [3.8, 4) is 11.3 Å². The van der Waals surface area contributed by atoms with Gasteiger partial charge >= 0.3 is 5.97 Å². The van der Waals surface area contributed by atoms with Crippen molar-refractivity contribution >= 4 is 33.5 Å². The Morgan fingerprint density at radius 3 is 2.33 bits per heavy atom. The molecule has 2 saturated carbocycles. The molecule has 2 aromatic rings. The van der Waals surface area contributed by atoms with Gasteiger partial charge in [0, 0.05) is 29.4 Å². The molecule has 39 heavy (non-hydrogen) atoms. The van der Waals surface area contributed by atoms with Crippen LogP contribution < -0.4 is 10.0 Å². The number of carbonyl (C=O) groups excluding carboxylic acids is 1. The van der Waals surface area contributed by atoms with Gasteiger partial charge in [0.15, 0.2) is 0 Å². The zero-order valence-electron chi connectivity index (χ0n) is 23.4. The third kappa shape index (κ3) is 6.52. The van der Waals surface area contributed by atoms with Crippen LogP contribution in [0.3, 0.4) is 0 Å². The molecule has 0 spiro atoms. The van der Waals surface area contributed by atoms with E-state index in [4.69, 9.17) is 11.6 Å². The molecular formula is C29H40ClN3O5S. The quantitative estimate of drug-likeness (QED) is 0.373. The highest BCUT2D eigenvalue weighted by Gasteiger charge is 2.36. The van der Waals surface area contributed by atoms with Crippen molar-refractivity contribution in [2.75, 3.05) is 0 Å². The average molecular weight is 578 g/mol. The van der Waals surface area contributed by atoms with Crippen LogP contribution in [0.5, 0.6) is 0 Å². The molecule has 8 nitrogen and oxygen atoms in total. The van der Waals surface area contributed by atoms with Crippen LogP contribution in [0.15, 0.2) is 23.1 Å². The Balaban J connectivity index is 1.71. The second-order valence-electron chi connectivity index (χ2n) is 12.2. The van der Waals surface area contributed by atoms with Crippen LogP contribution in [-0.4, -0.2) is 41.5 Å². The molecule has 2 aliphatic rings. The summed E-state index contributed by atoms with van der Waals surface area (Å²) in [6.45, 7) is 9.74. The Morgan fingerprint density at radius 1 is 1.10 bits per heavy atom. The van der Waals surface area contributed by atoms with E-state index < -0.39 is 27.4 Å². The predicted molar refractivity (Wildman–Crippen MR) is 153 cm³/mol. The molecule has 0 aliphatic heterocycles. The van der Waals surface area contributed by atoms with E-state index in [0.717, 1.165) is 30.8 Å². The van der Waals surface area contributed by atoms with Crippen LogP contribution in [0.4, 0.5) is 0 Å². The first-order valence-electron chi connectivity index (χ1n) is 13.7. The lowest BCUT2D eigenvalue weighted by Gasteiger charge is -2.32. The fourth-order valence-corrected chi connectivity index (χ4v) is 7.76. The smallest absolute Gasteiger partial charge is 0.306 e. The molecule has 1 heterocycles. The van der Waals surface area contributed by atoms with E-state index in [0.29, 0.717) is 40.5 Å². The van der Waals surface area contributed by atoms with Crippen molar-refractivity contribution in [1.29, 1.82) is 0 Å². The number of aromatic nitrogens is 1. The summed E-state index contributed by atoms with van der Waals surface area (Å²) in [5.74, 6) is -0.984. The van der Waals surface area contributed by atoms with Crippen LogP contribution >= 0.6 is 11.6 Å². The van der Waals surface area contributed by atoms with Crippen molar-refractivity contribution in [2.24, 2.45) is 11.8 Å². The summed E-state index contributed by atoms with van der Waals surface area (Å²) < 4.78 is 31.0. The van der Waals surface area contributed by atoms with E-state index in [1.54, 1.807) is 39.8 Å². The molecule has 0 unspecified atom stereocenters. The van der Waals surface area contributed by atoms with Crippen LogP contribution in [0.25, 0.3) is 11.3 Å². The van der Waals surface area contributed by atoms with Gasteiger partial charge < -0.3 is 15.0 Å². The van der Waals surface area contributed by atoms with Crippen molar-refractivity contribution in [2.45, 2.75) is 103 Å². The van der Waals surface area contributed by atoms with E-state index >= 15 is 0 Å². The van der Waals surface area contributed by atoms with Crippen LogP contribution in [-0.2, 0) is 21.4 Å². The first-order valence-corrected chi connectivity index (χ1v) is 15.6. The molecule has 4 rings (SSSR count). The highest BCUT2D eigenvalue weighted by atomic mass is 35.5. The summed E-state index contributed by atoms with van der Waals surface area (Å²) in [6.07, 6.45) is 6.72. The van der Waals surface area contributed by atoms with Crippen molar-refractivity contribution in [1.82, 2.24) is 14.6 Å². The van der Waals surface area contributed by atoms with Gasteiger partial charge in [0.2, 0.25) is 10.0 Å². The maximum absolute atomic E-state index is 13.3. The van der Waals surface area contributed by atoms with Gasteiger partial charge in [-0.15, -0.1) is 0 Å². The number of carbonyl (C=O) groups is 2. The number of sulfonamides is 1. The number of carboxylic acids is 1. The monoisotopic (exact) mass is 577 g/mol. The summed E-state index contributed by atoms with van der Waals surface area (Å²) >= 11 is 6.87. The lowest BCUT2D eigenvalue weighted by Crippen LogP contribution is -2.46. The lowest BCUT2D eigenvalue weighted by atomic mass is 9.80. The molecule has 214 valence electrons. The number of aliphatic carboxylic acids is 1. The molecule has 0 atom stereocenters. The minimum absolute atomic E-state index is 0.129. The molecule has 1 aromatic carbocycles. The van der Waals surface area contributed by atoms with E-state index in [2.05, 4.69) is 14.6 Å². The van der Waals surface area contributed by atoms with Gasteiger partial charge in [0.1, 0.15) is 0 Å². The summed E-state index contributed by atoms with van der Waals surface area (Å²) in [5, 5.41) is 12.5. The second-order valence-corrected chi connectivity index (χ2v) is 14.3. The van der Waals surface area contributed by atoms with Gasteiger partial charge in [-0.1, -0.05) is 36.9 Å². The lowest BCUT2D eigenvalue weighted by molar-refractivity contribution is -0.145. The zero-order valence-corrected chi connectivity index (χ0v) is 25.0. The molecular weight excluding hydrogens is 538 g/mol. The molecule has 3 N–H and O–H groups in total. The number of carboxylic acid groups (broad SMARTS) is 1. The maximum Gasteiger partial charge on any atom is 0.306 e. The molecule has 1 aromatic heterocycles. The van der Waals surface area contributed by atoms with Crippen molar-refractivity contribution in [3.05, 3.63) is 40.0 Å². The normalized spacial score (nSPS) is 20.5. The van der Waals surface area contributed by atoms with E-state index in [1.165, 1.54) is 19.3 Å². The molecule has 0 bridgehead atoms. The number of amides is 1. The van der Waals surface area contributed by atoms with Gasteiger partial charge in [-0.05, 0) is 83.9 Å². The van der Waals surface area contributed by atoms with E-state index in [1.807, 2.05) is 13.0 Å². The number of rotatable bonds is 8. The minimum Gasteiger partial charge on any atom is -0.481 e. The number of hydrogen-bond donors (Lipinski definition) is 3. The Morgan fingerprint density at radius 2 is 1.74 bits per heavy atom. The largest absolute Gasteiger partial charge is 0.481 e. The SMILES string of the molecule is Cc1c(S(=O)(=O)NC(C)(C)C)ccc(-c2cc(C(=O)NC3CC(C(=O)O)C3)c(C)n2CC2CCCCC2)c1Cl. The molecule has 10 heteroatoms. The average Bonchev–Trinajstić information content (AvgIpc) is 3.12. The third-order valence-corrected chi connectivity index (χ3v) is 10.3. The van der Waals surface area contributed by atoms with Gasteiger partial charge in [-0.2, -0.15) is 0 Å². The fourth-order valence-electron chi connectivity index (χ4n) is 5.78. The highest BCUT2D eigenvalue weighted by Crippen LogP contribution is 2.38. The topological polar surface area (TPSA) is 118 Å². The number of nitrogens with one attached hydrogen (secondary N) is 2.